The summed E-state index contributed by atoms with van der Waals surface area (Å²) in [4.78, 5) is 30.2. The molecule has 4 rings (SSSR count). The normalized spacial score (nSPS) is 14.4. The Labute approximate surface area is 228 Å². The molecule has 1 saturated carbocycles. The van der Waals surface area contributed by atoms with E-state index in [4.69, 9.17) is 30.8 Å². The monoisotopic (exact) mass is 589 g/mol. The van der Waals surface area contributed by atoms with Crippen molar-refractivity contribution in [1.82, 2.24) is 9.66 Å². The summed E-state index contributed by atoms with van der Waals surface area (Å²) < 4.78 is 18.3. The number of fused-ring (bicyclic) bond motifs is 1. The first-order valence-electron chi connectivity index (χ1n) is 12.2. The van der Waals surface area contributed by atoms with Crippen LogP contribution in [0.2, 0.25) is 5.02 Å². The Bertz CT molecular complexity index is 1380. The third kappa shape index (κ3) is 6.51. The summed E-state index contributed by atoms with van der Waals surface area (Å²) in [6, 6.07) is 8.80. The van der Waals surface area contributed by atoms with Crippen molar-refractivity contribution >= 4 is 50.6 Å². The summed E-state index contributed by atoms with van der Waals surface area (Å²) in [7, 11) is 1.47. The van der Waals surface area contributed by atoms with Gasteiger partial charge in [-0.25, -0.2) is 9.78 Å². The number of hydrogen-bond acceptors (Lipinski definition) is 7. The van der Waals surface area contributed by atoms with Gasteiger partial charge in [-0.15, -0.1) is 0 Å². The van der Waals surface area contributed by atoms with E-state index in [1.807, 2.05) is 12.1 Å². The molecule has 1 heterocycles. The number of methoxy groups -OCH3 is 1. The first kappa shape index (κ1) is 27.1. The van der Waals surface area contributed by atoms with Crippen molar-refractivity contribution in [2.24, 2.45) is 5.10 Å². The highest BCUT2D eigenvalue weighted by atomic mass is 79.9. The van der Waals surface area contributed by atoms with Crippen molar-refractivity contribution in [2.45, 2.75) is 58.0 Å². The Morgan fingerprint density at radius 1 is 1.24 bits per heavy atom. The van der Waals surface area contributed by atoms with Crippen LogP contribution in [0.4, 0.5) is 0 Å². The van der Waals surface area contributed by atoms with Gasteiger partial charge in [0.1, 0.15) is 5.82 Å². The molecule has 0 N–H and O–H groups in total. The van der Waals surface area contributed by atoms with Gasteiger partial charge in [-0.3, -0.25) is 4.79 Å². The van der Waals surface area contributed by atoms with Crippen LogP contribution >= 0.6 is 27.5 Å². The van der Waals surface area contributed by atoms with Crippen LogP contribution in [0.15, 0.2) is 44.7 Å². The maximum absolute atomic E-state index is 13.5. The van der Waals surface area contributed by atoms with Gasteiger partial charge < -0.3 is 14.2 Å². The molecule has 0 atom stereocenters. The summed E-state index contributed by atoms with van der Waals surface area (Å²) in [5, 5.41) is 5.28. The minimum absolute atomic E-state index is 0.158. The van der Waals surface area contributed by atoms with Crippen molar-refractivity contribution in [1.29, 1.82) is 0 Å². The Hall–Kier alpha value is -2.91. The van der Waals surface area contributed by atoms with Crippen LogP contribution < -0.4 is 15.0 Å². The lowest BCUT2D eigenvalue weighted by molar-refractivity contribution is -0.149. The Kier molecular flexibility index (Phi) is 8.87. The van der Waals surface area contributed by atoms with E-state index in [1.165, 1.54) is 18.2 Å². The van der Waals surface area contributed by atoms with Gasteiger partial charge in [0.15, 0.2) is 18.1 Å². The van der Waals surface area contributed by atoms with Crippen molar-refractivity contribution < 1.29 is 19.0 Å². The zero-order chi connectivity index (χ0) is 26.5. The Morgan fingerprint density at radius 3 is 2.70 bits per heavy atom. The standard InChI is InChI=1S/C27H29BrClN3O5/c1-16(2)37-24(33)15-36-25-21(29)11-17(12-23(25)35-3)14-30-32-26(18-7-5-4-6-8-18)31-22-10-9-19(28)13-20(22)27(32)34/h9-14,16,18H,4-8,15H2,1-3H3. The number of aromatic nitrogens is 2. The fraction of sp³-hybridized carbons (Fsp3) is 0.407. The highest BCUT2D eigenvalue weighted by molar-refractivity contribution is 9.10. The van der Waals surface area contributed by atoms with Crippen molar-refractivity contribution in [3.8, 4) is 11.5 Å². The SMILES string of the molecule is COc1cc(C=Nn2c(C3CCCCC3)nc3ccc(Br)cc3c2=O)cc(Cl)c1OCC(=O)OC(C)C. The van der Waals surface area contributed by atoms with E-state index in [0.29, 0.717) is 28.0 Å². The second-order valence-corrected chi connectivity index (χ2v) is 10.5. The molecule has 37 heavy (non-hydrogen) atoms. The van der Waals surface area contributed by atoms with Crippen molar-refractivity contribution in [3.63, 3.8) is 0 Å². The maximum atomic E-state index is 13.5. The average Bonchev–Trinajstić information content (AvgIpc) is 2.87. The van der Waals surface area contributed by atoms with Crippen LogP contribution in [-0.2, 0) is 9.53 Å². The fourth-order valence-corrected chi connectivity index (χ4v) is 5.04. The molecule has 0 radical (unpaired) electrons. The molecule has 0 spiro atoms. The minimum atomic E-state index is -0.510. The molecular formula is C27H29BrClN3O5. The summed E-state index contributed by atoms with van der Waals surface area (Å²) >= 11 is 9.90. The lowest BCUT2D eigenvalue weighted by Gasteiger charge is -2.22. The van der Waals surface area contributed by atoms with E-state index in [1.54, 1.807) is 38.3 Å². The van der Waals surface area contributed by atoms with E-state index < -0.39 is 5.97 Å². The molecule has 0 aliphatic heterocycles. The zero-order valence-electron chi connectivity index (χ0n) is 21.0. The number of carbonyl (C=O) groups excluding carboxylic acids is 1. The van der Waals surface area contributed by atoms with E-state index >= 15 is 0 Å². The average molecular weight is 591 g/mol. The molecule has 8 nitrogen and oxygen atoms in total. The van der Waals surface area contributed by atoms with Gasteiger partial charge in [0.25, 0.3) is 5.56 Å². The second-order valence-electron chi connectivity index (χ2n) is 9.19. The second kappa shape index (κ2) is 12.1. The molecule has 0 bridgehead atoms. The van der Waals surface area contributed by atoms with Gasteiger partial charge >= 0.3 is 5.97 Å². The van der Waals surface area contributed by atoms with Crippen LogP contribution in [0.3, 0.4) is 0 Å². The molecule has 1 aliphatic carbocycles. The van der Waals surface area contributed by atoms with Crippen LogP contribution in [0.1, 0.15) is 63.3 Å². The minimum Gasteiger partial charge on any atom is -0.493 e. The number of carbonyl (C=O) groups is 1. The number of nitrogens with zero attached hydrogens (tertiary/aromatic N) is 3. The summed E-state index contributed by atoms with van der Waals surface area (Å²) in [6.07, 6.45) is 6.61. The molecule has 1 aromatic heterocycles. The number of ether oxygens (including phenoxy) is 3. The van der Waals surface area contributed by atoms with Gasteiger partial charge in [0.05, 0.1) is 35.4 Å². The van der Waals surface area contributed by atoms with E-state index in [2.05, 4.69) is 21.0 Å². The molecule has 2 aromatic carbocycles. The van der Waals surface area contributed by atoms with E-state index in [9.17, 15) is 9.59 Å². The molecule has 196 valence electrons. The molecule has 10 heteroatoms. The van der Waals surface area contributed by atoms with Gasteiger partial charge in [0.2, 0.25) is 0 Å². The van der Waals surface area contributed by atoms with Gasteiger partial charge in [0, 0.05) is 10.4 Å². The predicted molar refractivity (Wildman–Crippen MR) is 147 cm³/mol. The number of esters is 1. The fourth-order valence-electron chi connectivity index (χ4n) is 4.41. The molecule has 0 saturated heterocycles. The zero-order valence-corrected chi connectivity index (χ0v) is 23.3. The smallest absolute Gasteiger partial charge is 0.344 e. The lowest BCUT2D eigenvalue weighted by Crippen LogP contribution is -2.25. The Morgan fingerprint density at radius 2 is 2.00 bits per heavy atom. The highest BCUT2D eigenvalue weighted by Gasteiger charge is 2.23. The largest absolute Gasteiger partial charge is 0.493 e. The topological polar surface area (TPSA) is 92.0 Å². The summed E-state index contributed by atoms with van der Waals surface area (Å²) in [5.41, 5.74) is 1.02. The molecule has 0 amide bonds. The van der Waals surface area contributed by atoms with Crippen LogP contribution in [0.5, 0.6) is 11.5 Å². The van der Waals surface area contributed by atoms with Crippen molar-refractivity contribution in [2.75, 3.05) is 13.7 Å². The van der Waals surface area contributed by atoms with Gasteiger partial charge in [-0.05, 0) is 62.6 Å². The van der Waals surface area contributed by atoms with E-state index in [-0.39, 0.29) is 35.0 Å². The third-order valence-corrected chi connectivity index (χ3v) is 6.85. The summed E-state index contributed by atoms with van der Waals surface area (Å²) in [6.45, 7) is 3.21. The van der Waals surface area contributed by atoms with Crippen LogP contribution in [-0.4, -0.2) is 41.7 Å². The number of halogens is 2. The van der Waals surface area contributed by atoms with E-state index in [0.717, 1.165) is 30.2 Å². The lowest BCUT2D eigenvalue weighted by atomic mass is 9.88. The number of rotatable bonds is 8. The first-order valence-corrected chi connectivity index (χ1v) is 13.4. The Balaban J connectivity index is 1.69. The van der Waals surface area contributed by atoms with Gasteiger partial charge in [-0.2, -0.15) is 9.78 Å². The maximum Gasteiger partial charge on any atom is 0.344 e. The molecule has 3 aromatic rings. The predicted octanol–water partition coefficient (Wildman–Crippen LogP) is 6.08. The highest BCUT2D eigenvalue weighted by Crippen LogP contribution is 2.36. The van der Waals surface area contributed by atoms with Crippen molar-refractivity contribution in [3.05, 3.63) is 61.6 Å². The molecule has 0 unspecified atom stereocenters. The third-order valence-electron chi connectivity index (χ3n) is 6.08. The molecule has 1 aliphatic rings. The van der Waals surface area contributed by atoms with Crippen LogP contribution in [0.25, 0.3) is 10.9 Å². The van der Waals surface area contributed by atoms with Crippen LogP contribution in [0, 0.1) is 0 Å². The first-order chi connectivity index (χ1) is 17.8. The number of benzene rings is 2. The summed E-state index contributed by atoms with van der Waals surface area (Å²) in [5.74, 6) is 0.860. The quantitative estimate of drug-likeness (QED) is 0.233. The molecular weight excluding hydrogens is 562 g/mol. The molecule has 1 fully saturated rings. The number of hydrogen-bond donors (Lipinski definition) is 0. The van der Waals surface area contributed by atoms with Gasteiger partial charge in [-0.1, -0.05) is 46.8 Å².